The van der Waals surface area contributed by atoms with E-state index >= 15 is 0 Å². The van der Waals surface area contributed by atoms with E-state index in [9.17, 15) is 0 Å². The first-order chi connectivity index (χ1) is 8.34. The highest BCUT2D eigenvalue weighted by Gasteiger charge is 2.07. The standard InChI is InChI=1S/C14H12NS2/c1-15(11-7-3-2-4-8-11)14-16-12-9-5-6-10-13(12)17-14/h2-10H,1H3/q+1. The molecule has 0 spiro atoms. The van der Waals surface area contributed by atoms with Gasteiger partial charge in [-0.15, -0.1) is 0 Å². The molecule has 0 saturated heterocycles. The van der Waals surface area contributed by atoms with Crippen LogP contribution in [-0.2, 0) is 0 Å². The van der Waals surface area contributed by atoms with Crippen molar-refractivity contribution in [1.29, 1.82) is 0 Å². The van der Waals surface area contributed by atoms with E-state index in [-0.39, 0.29) is 0 Å². The highest BCUT2D eigenvalue weighted by atomic mass is 32.2. The van der Waals surface area contributed by atoms with Crippen LogP contribution in [0.2, 0.25) is 0 Å². The Hall–Kier alpha value is -1.45. The monoisotopic (exact) mass is 258 g/mol. The van der Waals surface area contributed by atoms with E-state index in [4.69, 9.17) is 0 Å². The van der Waals surface area contributed by atoms with E-state index in [1.165, 1.54) is 19.1 Å². The number of benzene rings is 2. The molecule has 2 aromatic carbocycles. The molecule has 0 fully saturated rings. The molecular formula is C14H12NS2+. The second kappa shape index (κ2) is 4.43. The van der Waals surface area contributed by atoms with Crippen LogP contribution < -0.4 is 8.56 Å². The van der Waals surface area contributed by atoms with Crippen molar-refractivity contribution in [2.24, 2.45) is 0 Å². The number of hydrogen-bond donors (Lipinski definition) is 0. The van der Waals surface area contributed by atoms with Crippen molar-refractivity contribution in [3.05, 3.63) is 58.6 Å². The fourth-order valence-electron chi connectivity index (χ4n) is 1.72. The average molecular weight is 258 g/mol. The first-order valence-electron chi connectivity index (χ1n) is 5.45. The summed E-state index contributed by atoms with van der Waals surface area (Å²) in [5.74, 6) is 0. The zero-order valence-electron chi connectivity index (χ0n) is 9.46. The lowest BCUT2D eigenvalue weighted by Crippen LogP contribution is -2.14. The zero-order valence-corrected chi connectivity index (χ0v) is 11.1. The third-order valence-electron chi connectivity index (χ3n) is 2.66. The van der Waals surface area contributed by atoms with Gasteiger partial charge in [0.1, 0.15) is 7.05 Å². The molecule has 0 aliphatic heterocycles. The van der Waals surface area contributed by atoms with Crippen LogP contribution in [-0.4, -0.2) is 7.05 Å². The van der Waals surface area contributed by atoms with Gasteiger partial charge in [-0.05, 0) is 12.1 Å². The predicted molar refractivity (Wildman–Crippen MR) is 77.0 cm³/mol. The van der Waals surface area contributed by atoms with Crippen molar-refractivity contribution in [1.82, 2.24) is 4.58 Å². The van der Waals surface area contributed by atoms with Gasteiger partial charge in [0, 0.05) is 12.1 Å². The summed E-state index contributed by atoms with van der Waals surface area (Å²) >= 11 is 3.69. The highest BCUT2D eigenvalue weighted by Crippen LogP contribution is 2.20. The molecule has 0 aliphatic carbocycles. The Kier molecular flexibility index (Phi) is 2.79. The maximum Gasteiger partial charge on any atom is 0.320 e. The molecule has 0 amide bonds. The Balaban J connectivity index is 2.26. The second-order valence-electron chi connectivity index (χ2n) is 3.81. The van der Waals surface area contributed by atoms with Crippen molar-refractivity contribution >= 4 is 37.8 Å². The van der Waals surface area contributed by atoms with Gasteiger partial charge in [0.2, 0.25) is 5.69 Å². The molecule has 0 saturated carbocycles. The number of fused-ring (bicyclic) bond motifs is 1. The summed E-state index contributed by atoms with van der Waals surface area (Å²) < 4.78 is 6.28. The lowest BCUT2D eigenvalue weighted by molar-refractivity contribution is 0.931. The zero-order chi connectivity index (χ0) is 11.7. The topological polar surface area (TPSA) is 3.01 Å². The summed E-state index contributed by atoms with van der Waals surface area (Å²) in [7, 11) is 2.12. The summed E-state index contributed by atoms with van der Waals surface area (Å²) in [4.78, 5) is 0. The Morgan fingerprint density at radius 3 is 1.88 bits per heavy atom. The predicted octanol–water partition coefficient (Wildman–Crippen LogP) is 3.70. The third kappa shape index (κ3) is 2.04. The van der Waals surface area contributed by atoms with Gasteiger partial charge in [-0.1, -0.05) is 53.0 Å². The second-order valence-corrected chi connectivity index (χ2v) is 6.13. The lowest BCUT2D eigenvalue weighted by Gasteiger charge is -1.91. The molecule has 0 aliphatic rings. The largest absolute Gasteiger partial charge is 0.320 e. The van der Waals surface area contributed by atoms with Gasteiger partial charge in [0.25, 0.3) is 0 Å². The normalized spacial score (nSPS) is 10.6. The molecule has 0 N–H and O–H groups in total. The quantitative estimate of drug-likeness (QED) is 0.586. The Labute approximate surface area is 108 Å². The van der Waals surface area contributed by atoms with Gasteiger partial charge in [0.15, 0.2) is 0 Å². The third-order valence-corrected chi connectivity index (χ3v) is 5.34. The Morgan fingerprint density at radius 1 is 0.765 bits per heavy atom. The van der Waals surface area contributed by atoms with E-state index in [1.54, 1.807) is 0 Å². The molecule has 1 aromatic heterocycles. The average Bonchev–Trinajstić information content (AvgIpc) is 2.82. The molecule has 0 radical (unpaired) electrons. The summed E-state index contributed by atoms with van der Waals surface area (Å²) in [6.07, 6.45) is 0. The minimum atomic E-state index is 1.23. The first-order valence-corrected chi connectivity index (χ1v) is 7.08. The summed E-state index contributed by atoms with van der Waals surface area (Å²) in [6.45, 7) is 0. The first kappa shape index (κ1) is 10.7. The smallest absolute Gasteiger partial charge is 0.177 e. The number of nitrogens with zero attached hydrogens (tertiary/aromatic N) is 1. The van der Waals surface area contributed by atoms with Crippen LogP contribution in [0.1, 0.15) is 0 Å². The molecule has 0 atom stereocenters. The van der Waals surface area contributed by atoms with E-state index in [1.807, 2.05) is 28.7 Å². The molecule has 1 heterocycles. The van der Waals surface area contributed by atoms with Crippen molar-refractivity contribution < 1.29 is 0 Å². The molecular weight excluding hydrogens is 246 g/mol. The highest BCUT2D eigenvalue weighted by molar-refractivity contribution is 7.35. The molecule has 84 valence electrons. The van der Waals surface area contributed by atoms with Crippen molar-refractivity contribution in [3.63, 3.8) is 0 Å². The van der Waals surface area contributed by atoms with E-state index in [2.05, 4.69) is 60.2 Å². The Morgan fingerprint density at radius 2 is 1.29 bits per heavy atom. The molecule has 3 rings (SSSR count). The van der Waals surface area contributed by atoms with E-state index in [0.29, 0.717) is 0 Å². The van der Waals surface area contributed by atoms with E-state index in [0.717, 1.165) is 0 Å². The number of hydrogen-bond acceptors (Lipinski definition) is 2. The van der Waals surface area contributed by atoms with Crippen LogP contribution >= 0.6 is 22.7 Å². The van der Waals surface area contributed by atoms with Crippen LogP contribution in [0, 0.1) is 0 Å². The van der Waals surface area contributed by atoms with Crippen molar-refractivity contribution in [3.8, 4) is 0 Å². The Bertz CT molecular complexity index is 671. The summed E-state index contributed by atoms with van der Waals surface area (Å²) in [5, 5.41) is 0. The van der Waals surface area contributed by atoms with Crippen molar-refractivity contribution in [2.75, 3.05) is 7.05 Å². The van der Waals surface area contributed by atoms with Crippen LogP contribution in [0.4, 0.5) is 5.69 Å². The molecule has 3 aromatic rings. The minimum Gasteiger partial charge on any atom is -0.177 e. The van der Waals surface area contributed by atoms with Crippen LogP contribution in [0.3, 0.4) is 0 Å². The molecule has 17 heavy (non-hydrogen) atoms. The number of rotatable bonds is 1. The molecule has 0 bridgehead atoms. The number of para-hydroxylation sites is 1. The van der Waals surface area contributed by atoms with Crippen LogP contribution in [0.5, 0.6) is 0 Å². The lowest BCUT2D eigenvalue weighted by atomic mass is 10.3. The van der Waals surface area contributed by atoms with Crippen LogP contribution in [0.25, 0.3) is 9.40 Å². The van der Waals surface area contributed by atoms with E-state index < -0.39 is 0 Å². The van der Waals surface area contributed by atoms with Gasteiger partial charge in [-0.3, -0.25) is 0 Å². The van der Waals surface area contributed by atoms with Crippen molar-refractivity contribution in [2.45, 2.75) is 0 Å². The van der Waals surface area contributed by atoms with Gasteiger partial charge in [0.05, 0.1) is 9.40 Å². The maximum absolute atomic E-state index is 2.25. The summed E-state index contributed by atoms with van der Waals surface area (Å²) in [6, 6.07) is 19.0. The maximum atomic E-state index is 2.25. The van der Waals surface area contributed by atoms with Gasteiger partial charge in [-0.25, -0.2) is 0 Å². The van der Waals surface area contributed by atoms with Gasteiger partial charge in [-0.2, -0.15) is 4.58 Å². The summed E-state index contributed by atoms with van der Waals surface area (Å²) in [5.41, 5.74) is 1.23. The molecule has 0 unspecified atom stereocenters. The van der Waals surface area contributed by atoms with Crippen LogP contribution in [0.15, 0.2) is 54.6 Å². The fraction of sp³-hybridized carbons (Fsp3) is 0.0714. The SMILES string of the molecule is C[N+](c1ccccc1)=c1sc2ccccc2s1. The molecule has 3 heteroatoms. The minimum absolute atomic E-state index is 1.23. The van der Waals surface area contributed by atoms with Gasteiger partial charge >= 0.3 is 3.98 Å². The van der Waals surface area contributed by atoms with Gasteiger partial charge < -0.3 is 0 Å². The fourth-order valence-corrected chi connectivity index (χ4v) is 4.17. The molecule has 1 nitrogen and oxygen atoms in total.